The largest absolute Gasteiger partial charge is 0.465 e. The molecular formula is C12H14ClNO5. The van der Waals surface area contributed by atoms with Gasteiger partial charge in [-0.1, -0.05) is 12.1 Å². The zero-order valence-electron chi connectivity index (χ0n) is 10.2. The van der Waals surface area contributed by atoms with Gasteiger partial charge in [0.05, 0.1) is 36.8 Å². The van der Waals surface area contributed by atoms with E-state index in [9.17, 15) is 19.9 Å². The maximum absolute atomic E-state index is 12.0. The molecule has 0 saturated heterocycles. The lowest BCUT2D eigenvalue weighted by Crippen LogP contribution is -2.36. The molecule has 0 fully saturated rings. The second kappa shape index (κ2) is 7.08. The second-order valence-electron chi connectivity index (χ2n) is 3.73. The highest BCUT2D eigenvalue weighted by Crippen LogP contribution is 2.12. The van der Waals surface area contributed by atoms with Crippen LogP contribution in [0.15, 0.2) is 24.3 Å². The summed E-state index contributed by atoms with van der Waals surface area (Å²) in [4.78, 5) is 23.4. The van der Waals surface area contributed by atoms with Crippen molar-refractivity contribution in [3.63, 3.8) is 0 Å². The van der Waals surface area contributed by atoms with Crippen LogP contribution in [0.5, 0.6) is 0 Å². The Labute approximate surface area is 115 Å². The number of hydrogen-bond donors (Lipinski definition) is 2. The molecule has 0 saturated carbocycles. The van der Waals surface area contributed by atoms with Crippen LogP contribution in [-0.4, -0.2) is 52.9 Å². The van der Waals surface area contributed by atoms with Crippen LogP contribution < -0.4 is 0 Å². The van der Waals surface area contributed by atoms with Gasteiger partial charge in [0.25, 0.3) is 5.91 Å². The predicted molar refractivity (Wildman–Crippen MR) is 67.3 cm³/mol. The summed E-state index contributed by atoms with van der Waals surface area (Å²) in [7, 11) is 1.19. The van der Waals surface area contributed by atoms with Gasteiger partial charge in [0.1, 0.15) is 0 Å². The van der Waals surface area contributed by atoms with Gasteiger partial charge in [-0.2, -0.15) is 0 Å². The minimum atomic E-state index is -1.05. The third kappa shape index (κ3) is 3.92. The second-order valence-corrected chi connectivity index (χ2v) is 4.04. The first-order chi connectivity index (χ1) is 9.01. The number of rotatable bonds is 5. The number of ether oxygens (including phenoxy) is 1. The molecule has 0 aliphatic carbocycles. The van der Waals surface area contributed by atoms with E-state index in [1.807, 2.05) is 0 Å². The van der Waals surface area contributed by atoms with E-state index >= 15 is 0 Å². The number of amides is 1. The zero-order chi connectivity index (χ0) is 14.4. The molecule has 0 heterocycles. The van der Waals surface area contributed by atoms with E-state index in [0.717, 1.165) is 0 Å². The third-order valence-electron chi connectivity index (χ3n) is 2.36. The van der Waals surface area contributed by atoms with Gasteiger partial charge < -0.3 is 9.84 Å². The fourth-order valence-electron chi connectivity index (χ4n) is 1.43. The van der Waals surface area contributed by atoms with Crippen LogP contribution in [0.3, 0.4) is 0 Å². The molecule has 19 heavy (non-hydrogen) atoms. The number of alkyl halides is 1. The minimum Gasteiger partial charge on any atom is -0.465 e. The van der Waals surface area contributed by atoms with E-state index in [4.69, 9.17) is 11.6 Å². The van der Waals surface area contributed by atoms with Gasteiger partial charge in [0.15, 0.2) is 0 Å². The molecule has 6 nitrogen and oxygen atoms in total. The Morgan fingerprint density at radius 2 is 1.95 bits per heavy atom. The van der Waals surface area contributed by atoms with Crippen molar-refractivity contribution in [2.45, 2.75) is 6.10 Å². The molecule has 0 aromatic heterocycles. The van der Waals surface area contributed by atoms with E-state index in [1.54, 1.807) is 12.1 Å². The Bertz CT molecular complexity index is 465. The van der Waals surface area contributed by atoms with Crippen molar-refractivity contribution in [2.75, 3.05) is 19.5 Å². The van der Waals surface area contributed by atoms with E-state index in [-0.39, 0.29) is 23.6 Å². The highest BCUT2D eigenvalue weighted by atomic mass is 35.5. The number of nitrogens with zero attached hydrogens (tertiary/aromatic N) is 1. The van der Waals surface area contributed by atoms with Gasteiger partial charge in [0.2, 0.25) is 0 Å². The number of hydroxylamine groups is 2. The molecule has 0 aliphatic heterocycles. The van der Waals surface area contributed by atoms with E-state index in [2.05, 4.69) is 4.74 Å². The summed E-state index contributed by atoms with van der Waals surface area (Å²) >= 11 is 5.38. The third-order valence-corrected chi connectivity index (χ3v) is 2.72. The first-order valence-corrected chi connectivity index (χ1v) is 5.96. The molecule has 104 valence electrons. The lowest BCUT2D eigenvalue weighted by Gasteiger charge is -2.18. The number of carbonyl (C=O) groups excluding carboxylic acids is 2. The summed E-state index contributed by atoms with van der Waals surface area (Å²) in [6.07, 6.45) is -1.05. The van der Waals surface area contributed by atoms with Gasteiger partial charge in [-0.25, -0.2) is 9.86 Å². The summed E-state index contributed by atoms with van der Waals surface area (Å²) in [5.41, 5.74) is 0.0213. The van der Waals surface area contributed by atoms with Crippen molar-refractivity contribution in [3.8, 4) is 0 Å². The van der Waals surface area contributed by atoms with Gasteiger partial charge in [-0.05, 0) is 12.1 Å². The average Bonchev–Trinajstić information content (AvgIpc) is 2.45. The summed E-state index contributed by atoms with van der Waals surface area (Å²) in [5.74, 6) is -1.62. The Morgan fingerprint density at radius 1 is 1.37 bits per heavy atom. The van der Waals surface area contributed by atoms with Crippen molar-refractivity contribution < 1.29 is 24.6 Å². The van der Waals surface area contributed by atoms with Crippen LogP contribution in [0.1, 0.15) is 20.7 Å². The van der Waals surface area contributed by atoms with Gasteiger partial charge in [0, 0.05) is 0 Å². The van der Waals surface area contributed by atoms with Crippen molar-refractivity contribution in [2.24, 2.45) is 0 Å². The van der Waals surface area contributed by atoms with Crippen LogP contribution in [0, 0.1) is 0 Å². The van der Waals surface area contributed by atoms with E-state index in [0.29, 0.717) is 5.06 Å². The molecule has 1 atom stereocenters. The molecule has 1 rings (SSSR count). The number of methoxy groups -OCH3 is 1. The van der Waals surface area contributed by atoms with E-state index in [1.165, 1.54) is 19.2 Å². The Hall–Kier alpha value is -1.63. The van der Waals surface area contributed by atoms with Gasteiger partial charge >= 0.3 is 5.97 Å². The summed E-state index contributed by atoms with van der Waals surface area (Å²) in [6, 6.07) is 5.90. The van der Waals surface area contributed by atoms with E-state index < -0.39 is 18.0 Å². The summed E-state index contributed by atoms with van der Waals surface area (Å²) in [5, 5.41) is 19.2. The number of aliphatic hydroxyl groups is 1. The summed E-state index contributed by atoms with van der Waals surface area (Å²) in [6.45, 7) is -0.349. The molecule has 1 amide bonds. The fraction of sp³-hybridized carbons (Fsp3) is 0.333. The maximum atomic E-state index is 12.0. The van der Waals surface area contributed by atoms with Crippen molar-refractivity contribution >= 4 is 23.5 Å². The Balaban J connectivity index is 2.96. The molecule has 2 N–H and O–H groups in total. The lowest BCUT2D eigenvalue weighted by atomic mass is 10.1. The van der Waals surface area contributed by atoms with Gasteiger partial charge in [-0.15, -0.1) is 11.6 Å². The number of aliphatic hydroxyl groups excluding tert-OH is 1. The number of esters is 1. The maximum Gasteiger partial charge on any atom is 0.338 e. The molecule has 1 aromatic rings. The number of halogens is 1. The van der Waals surface area contributed by atoms with Crippen LogP contribution in [0.4, 0.5) is 0 Å². The molecule has 0 spiro atoms. The highest BCUT2D eigenvalue weighted by Gasteiger charge is 2.22. The normalized spacial score (nSPS) is 11.8. The number of hydrogen-bond acceptors (Lipinski definition) is 5. The molecule has 7 heteroatoms. The highest BCUT2D eigenvalue weighted by molar-refractivity contribution is 6.18. The minimum absolute atomic E-state index is 0.0152. The predicted octanol–water partition coefficient (Wildman–Crippen LogP) is 0.904. The molecule has 1 aromatic carbocycles. The Morgan fingerprint density at radius 3 is 2.47 bits per heavy atom. The molecule has 0 aliphatic rings. The van der Waals surface area contributed by atoms with Crippen LogP contribution >= 0.6 is 11.6 Å². The molecule has 0 unspecified atom stereocenters. The topological polar surface area (TPSA) is 87.1 Å². The Kier molecular flexibility index (Phi) is 5.75. The first kappa shape index (κ1) is 15.4. The average molecular weight is 288 g/mol. The SMILES string of the molecule is COC(=O)c1ccccc1C(=O)N(O)C[C@H](O)CCl. The molecular weight excluding hydrogens is 274 g/mol. The number of carbonyl (C=O) groups is 2. The first-order valence-electron chi connectivity index (χ1n) is 5.43. The quantitative estimate of drug-likeness (QED) is 0.364. The molecule has 0 bridgehead atoms. The van der Waals surface area contributed by atoms with Crippen LogP contribution in [0.2, 0.25) is 0 Å². The van der Waals surface area contributed by atoms with Crippen LogP contribution in [0.25, 0.3) is 0 Å². The standard InChI is InChI=1S/C12H14ClNO5/c1-19-12(17)10-5-3-2-4-9(10)11(16)14(18)7-8(15)6-13/h2-5,8,15,18H,6-7H2,1H3/t8-/m1/s1. The lowest BCUT2D eigenvalue weighted by molar-refractivity contribution is -0.0765. The van der Waals surface area contributed by atoms with Gasteiger partial charge in [-0.3, -0.25) is 10.0 Å². The molecule has 0 radical (unpaired) electrons. The fourth-order valence-corrected chi connectivity index (χ4v) is 1.53. The van der Waals surface area contributed by atoms with Crippen molar-refractivity contribution in [1.29, 1.82) is 0 Å². The summed E-state index contributed by atoms with van der Waals surface area (Å²) < 4.78 is 4.55. The van der Waals surface area contributed by atoms with Crippen molar-refractivity contribution in [3.05, 3.63) is 35.4 Å². The monoisotopic (exact) mass is 287 g/mol. The zero-order valence-corrected chi connectivity index (χ0v) is 11.0. The number of benzene rings is 1. The van der Waals surface area contributed by atoms with Crippen molar-refractivity contribution in [1.82, 2.24) is 5.06 Å². The smallest absolute Gasteiger partial charge is 0.338 e. The van der Waals surface area contributed by atoms with Crippen LogP contribution in [-0.2, 0) is 4.74 Å².